The molecule has 33 heavy (non-hydrogen) atoms. The molecule has 9 nitrogen and oxygen atoms in total. The summed E-state index contributed by atoms with van der Waals surface area (Å²) in [5, 5.41) is 0.625. The zero-order valence-corrected chi connectivity index (χ0v) is 20.9. The van der Waals surface area contributed by atoms with Gasteiger partial charge in [0.15, 0.2) is 0 Å². The van der Waals surface area contributed by atoms with E-state index in [4.69, 9.17) is 4.74 Å². The van der Waals surface area contributed by atoms with Gasteiger partial charge in [-0.05, 0) is 45.6 Å². The third kappa shape index (κ3) is 4.71. The minimum Gasteiger partial charge on any atom is -0.466 e. The van der Waals surface area contributed by atoms with Crippen LogP contribution in [0.25, 0.3) is 10.7 Å². The Balaban J connectivity index is 1.52. The average molecular weight is 495 g/mol. The maximum absolute atomic E-state index is 13.3. The first kappa shape index (κ1) is 23.9. The molecule has 0 unspecified atom stereocenters. The van der Waals surface area contributed by atoms with E-state index < -0.39 is 10.0 Å². The molecule has 2 aromatic rings. The summed E-state index contributed by atoms with van der Waals surface area (Å²) in [5.74, 6) is -0.511. The molecule has 2 saturated heterocycles. The average Bonchev–Trinajstić information content (AvgIpc) is 3.54. The molecule has 4 heterocycles. The highest BCUT2D eigenvalue weighted by Gasteiger charge is 2.34. The van der Waals surface area contributed by atoms with Gasteiger partial charge in [-0.25, -0.2) is 13.4 Å². The fourth-order valence-corrected chi connectivity index (χ4v) is 7.03. The second kappa shape index (κ2) is 9.55. The molecule has 1 amide bonds. The van der Waals surface area contributed by atoms with Gasteiger partial charge < -0.3 is 14.2 Å². The molecule has 2 fully saturated rings. The first-order valence-electron chi connectivity index (χ1n) is 11.3. The number of carbonyl (C=O) groups is 2. The lowest BCUT2D eigenvalue weighted by Crippen LogP contribution is -2.40. The van der Waals surface area contributed by atoms with E-state index in [1.807, 2.05) is 11.8 Å². The molecule has 0 aliphatic carbocycles. The number of aryl methyl sites for hydroxylation is 2. The molecule has 2 aromatic heterocycles. The Morgan fingerprint density at radius 2 is 1.85 bits per heavy atom. The SMILES string of the molecule is CCOC(=O)C1CCN(S(=O)(=O)c2cc(-c3nc(C)c(C(=O)N4CCCC4)s3)n(C)c2)CC1. The summed E-state index contributed by atoms with van der Waals surface area (Å²) < 4.78 is 34.8. The predicted octanol–water partition coefficient (Wildman–Crippen LogP) is 2.66. The summed E-state index contributed by atoms with van der Waals surface area (Å²) in [7, 11) is -1.93. The van der Waals surface area contributed by atoms with Crippen molar-refractivity contribution in [1.29, 1.82) is 0 Å². The van der Waals surface area contributed by atoms with Crippen LogP contribution >= 0.6 is 11.3 Å². The van der Waals surface area contributed by atoms with Gasteiger partial charge in [0.2, 0.25) is 10.0 Å². The van der Waals surface area contributed by atoms with E-state index in [1.54, 1.807) is 30.8 Å². The van der Waals surface area contributed by atoms with Crippen molar-refractivity contribution >= 4 is 33.2 Å². The van der Waals surface area contributed by atoms with Crippen LogP contribution in [0.4, 0.5) is 0 Å². The van der Waals surface area contributed by atoms with Crippen molar-refractivity contribution in [3.05, 3.63) is 22.8 Å². The number of hydrogen-bond acceptors (Lipinski definition) is 7. The summed E-state index contributed by atoms with van der Waals surface area (Å²) in [4.78, 5) is 32.0. The number of thiazole rings is 1. The minimum absolute atomic E-state index is 0.000255. The lowest BCUT2D eigenvalue weighted by Gasteiger charge is -2.29. The van der Waals surface area contributed by atoms with Gasteiger partial charge in [0.25, 0.3) is 5.91 Å². The Morgan fingerprint density at radius 3 is 2.48 bits per heavy atom. The quantitative estimate of drug-likeness (QED) is 0.572. The van der Waals surface area contributed by atoms with Gasteiger partial charge >= 0.3 is 5.97 Å². The summed E-state index contributed by atoms with van der Waals surface area (Å²) in [6, 6.07) is 1.62. The van der Waals surface area contributed by atoms with Crippen LogP contribution in [-0.4, -0.2) is 71.8 Å². The van der Waals surface area contributed by atoms with Gasteiger partial charge in [-0.2, -0.15) is 4.31 Å². The number of sulfonamides is 1. The molecule has 0 bridgehead atoms. The molecule has 180 valence electrons. The lowest BCUT2D eigenvalue weighted by atomic mass is 9.98. The van der Waals surface area contributed by atoms with E-state index in [1.165, 1.54) is 15.6 Å². The zero-order chi connectivity index (χ0) is 23.8. The molecule has 0 spiro atoms. The van der Waals surface area contributed by atoms with E-state index >= 15 is 0 Å². The Labute approximate surface area is 198 Å². The molecule has 2 aliphatic rings. The Hall–Kier alpha value is -2.24. The van der Waals surface area contributed by atoms with E-state index in [2.05, 4.69) is 4.98 Å². The summed E-state index contributed by atoms with van der Waals surface area (Å²) in [6.45, 7) is 6.00. The summed E-state index contributed by atoms with van der Waals surface area (Å²) in [6.07, 6.45) is 4.52. The van der Waals surface area contributed by atoms with Gasteiger partial charge in [-0.1, -0.05) is 0 Å². The van der Waals surface area contributed by atoms with Crippen molar-refractivity contribution in [1.82, 2.24) is 18.8 Å². The van der Waals surface area contributed by atoms with E-state index in [-0.39, 0.29) is 35.8 Å². The van der Waals surface area contributed by atoms with Crippen LogP contribution in [0.3, 0.4) is 0 Å². The molecule has 0 aromatic carbocycles. The van der Waals surface area contributed by atoms with Crippen molar-refractivity contribution in [3.63, 3.8) is 0 Å². The lowest BCUT2D eigenvalue weighted by molar-refractivity contribution is -0.149. The maximum Gasteiger partial charge on any atom is 0.309 e. The molecule has 0 N–H and O–H groups in total. The van der Waals surface area contributed by atoms with Crippen LogP contribution in [0.15, 0.2) is 17.2 Å². The smallest absolute Gasteiger partial charge is 0.309 e. The zero-order valence-electron chi connectivity index (χ0n) is 19.2. The predicted molar refractivity (Wildman–Crippen MR) is 125 cm³/mol. The first-order chi connectivity index (χ1) is 15.7. The fourth-order valence-electron chi connectivity index (χ4n) is 4.40. The Bertz CT molecular complexity index is 1140. The van der Waals surface area contributed by atoms with Crippen LogP contribution in [0.1, 0.15) is 48.0 Å². The fraction of sp³-hybridized carbons (Fsp3) is 0.591. The molecular weight excluding hydrogens is 464 g/mol. The molecule has 2 aliphatic heterocycles. The number of rotatable bonds is 6. The number of ether oxygens (including phenoxy) is 1. The number of carbonyl (C=O) groups excluding carboxylic acids is 2. The van der Waals surface area contributed by atoms with Crippen LogP contribution in [-0.2, 0) is 26.6 Å². The van der Waals surface area contributed by atoms with Gasteiger partial charge in [0, 0.05) is 39.4 Å². The third-order valence-corrected chi connectivity index (χ3v) is 9.33. The molecular formula is C22H30N4O5S2. The molecule has 0 atom stereocenters. The number of aromatic nitrogens is 2. The van der Waals surface area contributed by atoms with Crippen LogP contribution in [0.2, 0.25) is 0 Å². The monoisotopic (exact) mass is 494 g/mol. The molecule has 0 radical (unpaired) electrons. The summed E-state index contributed by atoms with van der Waals surface area (Å²) >= 11 is 1.31. The normalized spacial score (nSPS) is 18.1. The standard InChI is InChI=1S/C22H30N4O5S2/c1-4-31-22(28)16-7-11-26(12-8-16)33(29,30)17-13-18(24(3)14-17)20-23-15(2)19(32-20)21(27)25-9-5-6-10-25/h13-14,16H,4-12H2,1-3H3. The number of likely N-dealkylation sites (tertiary alicyclic amines) is 1. The second-order valence-electron chi connectivity index (χ2n) is 8.54. The highest BCUT2D eigenvalue weighted by molar-refractivity contribution is 7.89. The second-order valence-corrected chi connectivity index (χ2v) is 11.5. The molecule has 4 rings (SSSR count). The van der Waals surface area contributed by atoms with Crippen LogP contribution in [0.5, 0.6) is 0 Å². The number of nitrogens with zero attached hydrogens (tertiary/aromatic N) is 4. The van der Waals surface area contributed by atoms with E-state index in [0.29, 0.717) is 40.7 Å². The van der Waals surface area contributed by atoms with Crippen LogP contribution in [0, 0.1) is 12.8 Å². The minimum atomic E-state index is -3.70. The highest BCUT2D eigenvalue weighted by Crippen LogP contribution is 2.33. The van der Waals surface area contributed by atoms with E-state index in [0.717, 1.165) is 25.9 Å². The topological polar surface area (TPSA) is 102 Å². The van der Waals surface area contributed by atoms with Gasteiger partial charge in [0.05, 0.1) is 23.9 Å². The highest BCUT2D eigenvalue weighted by atomic mass is 32.2. The number of esters is 1. The number of hydrogen-bond donors (Lipinski definition) is 0. The Kier molecular flexibility index (Phi) is 6.92. The number of amides is 1. The van der Waals surface area contributed by atoms with Gasteiger partial charge in [-0.15, -0.1) is 11.3 Å². The van der Waals surface area contributed by atoms with Crippen molar-refractivity contribution in [2.24, 2.45) is 13.0 Å². The van der Waals surface area contributed by atoms with Crippen LogP contribution < -0.4 is 0 Å². The van der Waals surface area contributed by atoms with Crippen molar-refractivity contribution < 1.29 is 22.7 Å². The number of piperidine rings is 1. The van der Waals surface area contributed by atoms with Gasteiger partial charge in [0.1, 0.15) is 14.8 Å². The van der Waals surface area contributed by atoms with E-state index in [9.17, 15) is 18.0 Å². The largest absolute Gasteiger partial charge is 0.466 e. The summed E-state index contributed by atoms with van der Waals surface area (Å²) in [5.41, 5.74) is 1.32. The Morgan fingerprint density at radius 1 is 1.18 bits per heavy atom. The van der Waals surface area contributed by atoms with Gasteiger partial charge in [-0.3, -0.25) is 9.59 Å². The maximum atomic E-state index is 13.3. The van der Waals surface area contributed by atoms with Crippen molar-refractivity contribution in [2.75, 3.05) is 32.8 Å². The first-order valence-corrected chi connectivity index (χ1v) is 13.6. The third-order valence-electron chi connectivity index (χ3n) is 6.29. The van der Waals surface area contributed by atoms with Crippen molar-refractivity contribution in [2.45, 2.75) is 44.4 Å². The molecule has 11 heteroatoms. The molecule has 0 saturated carbocycles. The van der Waals surface area contributed by atoms with Crippen molar-refractivity contribution in [3.8, 4) is 10.7 Å².